The fraction of sp³-hybridized carbons (Fsp3) is 0.500. The number of hydrogen-bond donors (Lipinski definition) is 2. The molecule has 0 fully saturated rings. The molecule has 0 unspecified atom stereocenters. The van der Waals surface area contributed by atoms with Crippen molar-refractivity contribution in [3.63, 3.8) is 0 Å². The fourth-order valence-corrected chi connectivity index (χ4v) is 1.23. The maximum Gasteiger partial charge on any atom is 0.154 e. The molecule has 0 heterocycles. The van der Waals surface area contributed by atoms with Gasteiger partial charge in [0.25, 0.3) is 0 Å². The van der Waals surface area contributed by atoms with Gasteiger partial charge >= 0.3 is 0 Å². The summed E-state index contributed by atoms with van der Waals surface area (Å²) >= 11 is 0. The Balaban J connectivity index is 3.77. The van der Waals surface area contributed by atoms with E-state index in [9.17, 15) is 9.59 Å². The number of rotatable bonds is 7. The van der Waals surface area contributed by atoms with Crippen molar-refractivity contribution < 1.29 is 9.59 Å². The Morgan fingerprint density at radius 1 is 0.812 bits per heavy atom. The first-order valence-corrected chi connectivity index (χ1v) is 5.27. The lowest BCUT2D eigenvalue weighted by Crippen LogP contribution is -2.25. The van der Waals surface area contributed by atoms with Gasteiger partial charge < -0.3 is 10.6 Å². The van der Waals surface area contributed by atoms with Crippen molar-refractivity contribution in [3.05, 3.63) is 23.5 Å². The largest absolute Gasteiger partial charge is 0.387 e. The van der Waals surface area contributed by atoms with Crippen LogP contribution in [0.5, 0.6) is 0 Å². The van der Waals surface area contributed by atoms with Gasteiger partial charge in [0.2, 0.25) is 0 Å². The summed E-state index contributed by atoms with van der Waals surface area (Å²) in [5, 5.41) is 6.18. The molecule has 0 saturated heterocycles. The van der Waals surface area contributed by atoms with Gasteiger partial charge in [0, 0.05) is 24.5 Å². The minimum Gasteiger partial charge on any atom is -0.387 e. The van der Waals surface area contributed by atoms with Crippen LogP contribution in [-0.2, 0) is 9.59 Å². The lowest BCUT2D eigenvalue weighted by atomic mass is 10.3. The fourth-order valence-electron chi connectivity index (χ4n) is 1.23. The summed E-state index contributed by atoms with van der Waals surface area (Å²) in [6.45, 7) is 8.14. The maximum atomic E-state index is 10.7. The molecular formula is C12H20N2O2. The molecule has 0 aromatic rings. The van der Waals surface area contributed by atoms with Gasteiger partial charge in [-0.1, -0.05) is 0 Å². The average molecular weight is 224 g/mol. The van der Waals surface area contributed by atoms with E-state index in [4.69, 9.17) is 0 Å². The summed E-state index contributed by atoms with van der Waals surface area (Å²) < 4.78 is 0. The summed E-state index contributed by atoms with van der Waals surface area (Å²) in [6, 6.07) is 0. The molecular weight excluding hydrogens is 204 g/mol. The zero-order valence-corrected chi connectivity index (χ0v) is 10.4. The SMILES string of the molecule is CC(=O)/C=C(/C)NCCN/C(C)=C/C(C)=O. The van der Waals surface area contributed by atoms with E-state index in [0.29, 0.717) is 13.1 Å². The second-order valence-electron chi connectivity index (χ2n) is 3.73. The molecule has 90 valence electrons. The van der Waals surface area contributed by atoms with E-state index in [-0.39, 0.29) is 11.6 Å². The van der Waals surface area contributed by atoms with Crippen LogP contribution in [0.2, 0.25) is 0 Å². The summed E-state index contributed by atoms with van der Waals surface area (Å²) in [4.78, 5) is 21.5. The Hall–Kier alpha value is -1.58. The van der Waals surface area contributed by atoms with Crippen molar-refractivity contribution in [2.45, 2.75) is 27.7 Å². The molecule has 0 saturated carbocycles. The van der Waals surface area contributed by atoms with Crippen LogP contribution in [0.1, 0.15) is 27.7 Å². The molecule has 16 heavy (non-hydrogen) atoms. The quantitative estimate of drug-likeness (QED) is 0.503. The highest BCUT2D eigenvalue weighted by atomic mass is 16.1. The van der Waals surface area contributed by atoms with Crippen LogP contribution >= 0.6 is 0 Å². The minimum atomic E-state index is 0.0330. The minimum absolute atomic E-state index is 0.0330. The van der Waals surface area contributed by atoms with E-state index in [0.717, 1.165) is 11.4 Å². The normalized spacial score (nSPS) is 12.2. The molecule has 2 N–H and O–H groups in total. The Kier molecular flexibility index (Phi) is 6.92. The standard InChI is InChI=1S/C12H20N2O2/c1-9(7-11(3)15)13-5-6-14-10(2)8-12(4)16/h7-8,13-14H,5-6H2,1-4H3/b9-7-,10-8+. The molecule has 0 aromatic heterocycles. The third kappa shape index (κ3) is 8.99. The molecule has 4 heteroatoms. The van der Waals surface area contributed by atoms with Crippen molar-refractivity contribution in [1.29, 1.82) is 0 Å². The van der Waals surface area contributed by atoms with Gasteiger partial charge in [-0.15, -0.1) is 0 Å². The second-order valence-corrected chi connectivity index (χ2v) is 3.73. The van der Waals surface area contributed by atoms with E-state index in [1.54, 1.807) is 12.2 Å². The summed E-state index contributed by atoms with van der Waals surface area (Å²) in [5.74, 6) is 0.0660. The topological polar surface area (TPSA) is 58.2 Å². The third-order valence-electron chi connectivity index (χ3n) is 1.77. The molecule has 0 spiro atoms. The Morgan fingerprint density at radius 2 is 1.12 bits per heavy atom. The Labute approximate surface area is 96.8 Å². The van der Waals surface area contributed by atoms with Gasteiger partial charge in [0.05, 0.1) is 0 Å². The van der Waals surface area contributed by atoms with Crippen LogP contribution in [0.25, 0.3) is 0 Å². The number of hydrogen-bond acceptors (Lipinski definition) is 4. The first kappa shape index (κ1) is 14.4. The van der Waals surface area contributed by atoms with Crippen LogP contribution in [-0.4, -0.2) is 24.7 Å². The van der Waals surface area contributed by atoms with E-state index >= 15 is 0 Å². The van der Waals surface area contributed by atoms with Gasteiger partial charge in [-0.3, -0.25) is 9.59 Å². The highest BCUT2D eigenvalue weighted by Gasteiger charge is 1.93. The molecule has 0 radical (unpaired) electrons. The Bertz CT molecular complexity index is 285. The van der Waals surface area contributed by atoms with Gasteiger partial charge in [-0.25, -0.2) is 0 Å². The number of carbonyl (C=O) groups is 2. The molecule has 0 amide bonds. The number of nitrogens with one attached hydrogen (secondary N) is 2. The predicted molar refractivity (Wildman–Crippen MR) is 64.9 cm³/mol. The highest BCUT2D eigenvalue weighted by Crippen LogP contribution is 1.88. The zero-order chi connectivity index (χ0) is 12.6. The molecule has 4 nitrogen and oxygen atoms in total. The van der Waals surface area contributed by atoms with Crippen molar-refractivity contribution in [3.8, 4) is 0 Å². The van der Waals surface area contributed by atoms with E-state index in [1.165, 1.54) is 13.8 Å². The first-order chi connectivity index (χ1) is 7.41. The van der Waals surface area contributed by atoms with Crippen molar-refractivity contribution in [1.82, 2.24) is 10.6 Å². The monoisotopic (exact) mass is 224 g/mol. The van der Waals surface area contributed by atoms with E-state index < -0.39 is 0 Å². The smallest absolute Gasteiger partial charge is 0.154 e. The lowest BCUT2D eigenvalue weighted by molar-refractivity contribution is -0.113. The molecule has 0 bridgehead atoms. The second kappa shape index (κ2) is 7.68. The molecule has 0 rings (SSSR count). The lowest BCUT2D eigenvalue weighted by Gasteiger charge is -2.08. The summed E-state index contributed by atoms with van der Waals surface area (Å²) in [6.07, 6.45) is 3.11. The average Bonchev–Trinajstić information content (AvgIpc) is 2.10. The van der Waals surface area contributed by atoms with Crippen LogP contribution in [0.3, 0.4) is 0 Å². The third-order valence-corrected chi connectivity index (χ3v) is 1.77. The van der Waals surface area contributed by atoms with Crippen LogP contribution in [0.4, 0.5) is 0 Å². The highest BCUT2D eigenvalue weighted by molar-refractivity contribution is 5.88. The van der Waals surface area contributed by atoms with Crippen molar-refractivity contribution >= 4 is 11.6 Å². The molecule has 0 aliphatic rings. The van der Waals surface area contributed by atoms with Gasteiger partial charge in [-0.05, 0) is 39.8 Å². The van der Waals surface area contributed by atoms with E-state index in [2.05, 4.69) is 10.6 Å². The van der Waals surface area contributed by atoms with Gasteiger partial charge in [0.1, 0.15) is 0 Å². The summed E-state index contributed by atoms with van der Waals surface area (Å²) in [7, 11) is 0. The molecule has 0 aliphatic carbocycles. The van der Waals surface area contributed by atoms with Crippen molar-refractivity contribution in [2.24, 2.45) is 0 Å². The number of carbonyl (C=O) groups excluding carboxylic acids is 2. The Morgan fingerprint density at radius 3 is 1.38 bits per heavy atom. The summed E-state index contributed by atoms with van der Waals surface area (Å²) in [5.41, 5.74) is 1.70. The number of ketones is 2. The molecule has 0 aliphatic heterocycles. The van der Waals surface area contributed by atoms with Gasteiger partial charge in [0.15, 0.2) is 11.6 Å². The van der Waals surface area contributed by atoms with Crippen LogP contribution < -0.4 is 10.6 Å². The maximum absolute atomic E-state index is 10.7. The zero-order valence-electron chi connectivity index (χ0n) is 10.4. The van der Waals surface area contributed by atoms with Gasteiger partial charge in [-0.2, -0.15) is 0 Å². The molecule has 0 aromatic carbocycles. The number of allylic oxidation sites excluding steroid dienone is 4. The van der Waals surface area contributed by atoms with Crippen LogP contribution in [0, 0.1) is 0 Å². The van der Waals surface area contributed by atoms with Crippen molar-refractivity contribution in [2.75, 3.05) is 13.1 Å². The van der Waals surface area contributed by atoms with E-state index in [1.807, 2.05) is 13.8 Å². The first-order valence-electron chi connectivity index (χ1n) is 5.27. The predicted octanol–water partition coefficient (Wildman–Crippen LogP) is 1.15. The van der Waals surface area contributed by atoms with Crippen LogP contribution in [0.15, 0.2) is 23.5 Å². The molecule has 0 atom stereocenters.